The zero-order valence-corrected chi connectivity index (χ0v) is 7.18. The quantitative estimate of drug-likeness (QED) is 0.575. The van der Waals surface area contributed by atoms with Gasteiger partial charge in [0.1, 0.15) is 0 Å². The number of rotatable bonds is 5. The molecule has 0 amide bonds. The normalized spacial score (nSPS) is 13.6. The van der Waals surface area contributed by atoms with E-state index in [1.165, 1.54) is 0 Å². The summed E-state index contributed by atoms with van der Waals surface area (Å²) in [5.41, 5.74) is 0. The van der Waals surface area contributed by atoms with Gasteiger partial charge in [-0.3, -0.25) is 4.79 Å². The minimum absolute atomic E-state index is 0.567. The third kappa shape index (κ3) is 4.54. The van der Waals surface area contributed by atoms with Gasteiger partial charge in [-0.15, -0.1) is 0 Å². The Morgan fingerprint density at radius 1 is 1.40 bits per heavy atom. The van der Waals surface area contributed by atoms with Gasteiger partial charge in [0.25, 0.3) is 0 Å². The van der Waals surface area contributed by atoms with Crippen molar-refractivity contribution in [1.82, 2.24) is 0 Å². The standard InChI is InChI=1S/C9H17O/c1-4-9(5-6-10)7-8(2)3/h8-9H,4-5,7H2,1-3H3. The van der Waals surface area contributed by atoms with Gasteiger partial charge in [-0.25, -0.2) is 0 Å². The van der Waals surface area contributed by atoms with Crippen LogP contribution in [-0.4, -0.2) is 6.29 Å². The molecule has 1 nitrogen and oxygen atoms in total. The molecule has 0 rings (SSSR count). The van der Waals surface area contributed by atoms with E-state index in [-0.39, 0.29) is 0 Å². The molecule has 0 aliphatic carbocycles. The van der Waals surface area contributed by atoms with Crippen molar-refractivity contribution in [3.63, 3.8) is 0 Å². The molecule has 0 aliphatic rings. The summed E-state index contributed by atoms with van der Waals surface area (Å²) in [6, 6.07) is 0. The van der Waals surface area contributed by atoms with E-state index in [1.807, 2.05) is 6.29 Å². The molecule has 0 fully saturated rings. The van der Waals surface area contributed by atoms with E-state index in [1.54, 1.807) is 0 Å². The van der Waals surface area contributed by atoms with Crippen molar-refractivity contribution in [2.45, 2.75) is 40.0 Å². The van der Waals surface area contributed by atoms with Crippen molar-refractivity contribution in [2.75, 3.05) is 0 Å². The molecule has 0 aliphatic heterocycles. The lowest BCUT2D eigenvalue weighted by atomic mass is 9.93. The fourth-order valence-electron chi connectivity index (χ4n) is 1.18. The van der Waals surface area contributed by atoms with Crippen molar-refractivity contribution in [3.8, 4) is 0 Å². The molecule has 0 saturated heterocycles. The zero-order valence-electron chi connectivity index (χ0n) is 7.18. The average molecular weight is 141 g/mol. The van der Waals surface area contributed by atoms with Crippen LogP contribution in [0, 0.1) is 11.8 Å². The Labute approximate surface area is 63.8 Å². The van der Waals surface area contributed by atoms with Crippen molar-refractivity contribution >= 4 is 6.29 Å². The summed E-state index contributed by atoms with van der Waals surface area (Å²) in [6.45, 7) is 6.51. The number of hydrogen-bond donors (Lipinski definition) is 0. The van der Waals surface area contributed by atoms with Gasteiger partial charge in [0.15, 0.2) is 6.29 Å². The largest absolute Gasteiger partial charge is 0.291 e. The molecule has 1 unspecified atom stereocenters. The predicted octanol–water partition coefficient (Wildman–Crippen LogP) is 2.56. The van der Waals surface area contributed by atoms with E-state index < -0.39 is 0 Å². The molecule has 0 aromatic rings. The first kappa shape index (κ1) is 9.67. The van der Waals surface area contributed by atoms with Crippen LogP contribution >= 0.6 is 0 Å². The van der Waals surface area contributed by atoms with Gasteiger partial charge in [0, 0.05) is 6.42 Å². The molecule has 59 valence electrons. The number of hydrogen-bond acceptors (Lipinski definition) is 1. The topological polar surface area (TPSA) is 17.1 Å². The highest BCUT2D eigenvalue weighted by atomic mass is 16.1. The molecular weight excluding hydrogens is 124 g/mol. The van der Waals surface area contributed by atoms with Crippen LogP contribution < -0.4 is 0 Å². The second-order valence-corrected chi connectivity index (χ2v) is 3.25. The summed E-state index contributed by atoms with van der Waals surface area (Å²) < 4.78 is 0. The van der Waals surface area contributed by atoms with E-state index in [0.717, 1.165) is 12.8 Å². The first-order chi connectivity index (χ1) is 4.70. The smallest absolute Gasteiger partial charge is 0.198 e. The van der Waals surface area contributed by atoms with Crippen LogP contribution in [0.3, 0.4) is 0 Å². The van der Waals surface area contributed by atoms with Crippen molar-refractivity contribution in [3.05, 3.63) is 0 Å². The molecule has 0 bridgehead atoms. The molecule has 0 N–H and O–H groups in total. The highest BCUT2D eigenvalue weighted by Gasteiger charge is 2.07. The van der Waals surface area contributed by atoms with Gasteiger partial charge in [-0.05, 0) is 18.3 Å². The molecular formula is C9H17O. The number of carbonyl (C=O) groups excluding carboxylic acids is 1. The SMILES string of the molecule is CCC(C[C]=O)CC(C)C. The minimum Gasteiger partial charge on any atom is -0.291 e. The van der Waals surface area contributed by atoms with Crippen molar-refractivity contribution in [2.24, 2.45) is 11.8 Å². The third-order valence-corrected chi connectivity index (χ3v) is 1.75. The lowest BCUT2D eigenvalue weighted by molar-refractivity contribution is 0.401. The maximum atomic E-state index is 10.0. The summed E-state index contributed by atoms with van der Waals surface area (Å²) in [6.07, 6.45) is 4.86. The van der Waals surface area contributed by atoms with Gasteiger partial charge in [-0.1, -0.05) is 27.2 Å². The molecule has 1 radical (unpaired) electrons. The van der Waals surface area contributed by atoms with Crippen LogP contribution in [0.1, 0.15) is 40.0 Å². The lowest BCUT2D eigenvalue weighted by Crippen LogP contribution is -2.03. The Kier molecular flexibility index (Phi) is 5.27. The second kappa shape index (κ2) is 5.45. The third-order valence-electron chi connectivity index (χ3n) is 1.75. The predicted molar refractivity (Wildman–Crippen MR) is 43.5 cm³/mol. The van der Waals surface area contributed by atoms with Crippen LogP contribution in [0.15, 0.2) is 0 Å². The molecule has 0 heterocycles. The summed E-state index contributed by atoms with van der Waals surface area (Å²) in [4.78, 5) is 10.0. The maximum absolute atomic E-state index is 10.0. The van der Waals surface area contributed by atoms with Crippen molar-refractivity contribution in [1.29, 1.82) is 0 Å². The minimum atomic E-state index is 0.567. The molecule has 0 spiro atoms. The van der Waals surface area contributed by atoms with Gasteiger partial charge < -0.3 is 0 Å². The van der Waals surface area contributed by atoms with E-state index in [0.29, 0.717) is 18.3 Å². The van der Waals surface area contributed by atoms with E-state index in [2.05, 4.69) is 20.8 Å². The fraction of sp³-hybridized carbons (Fsp3) is 0.889. The van der Waals surface area contributed by atoms with Gasteiger partial charge in [0.05, 0.1) is 0 Å². The lowest BCUT2D eigenvalue weighted by Gasteiger charge is -2.12. The summed E-state index contributed by atoms with van der Waals surface area (Å²) in [7, 11) is 0. The second-order valence-electron chi connectivity index (χ2n) is 3.25. The Hall–Kier alpha value is -0.330. The highest BCUT2D eigenvalue weighted by molar-refractivity contribution is 5.50. The van der Waals surface area contributed by atoms with Gasteiger partial charge in [-0.2, -0.15) is 0 Å². The van der Waals surface area contributed by atoms with E-state index in [9.17, 15) is 4.79 Å². The van der Waals surface area contributed by atoms with Crippen LogP contribution in [0.25, 0.3) is 0 Å². The summed E-state index contributed by atoms with van der Waals surface area (Å²) >= 11 is 0. The molecule has 0 saturated carbocycles. The van der Waals surface area contributed by atoms with Crippen LogP contribution in [0.2, 0.25) is 0 Å². The molecule has 0 aromatic carbocycles. The van der Waals surface area contributed by atoms with Gasteiger partial charge >= 0.3 is 0 Å². The Bertz CT molecular complexity index is 86.7. The van der Waals surface area contributed by atoms with Crippen LogP contribution in [0.4, 0.5) is 0 Å². The molecule has 1 heteroatoms. The zero-order chi connectivity index (χ0) is 7.98. The van der Waals surface area contributed by atoms with Crippen LogP contribution in [0.5, 0.6) is 0 Å². The first-order valence-electron chi connectivity index (χ1n) is 4.05. The summed E-state index contributed by atoms with van der Waals surface area (Å²) in [5, 5.41) is 0. The highest BCUT2D eigenvalue weighted by Crippen LogP contribution is 2.16. The van der Waals surface area contributed by atoms with Crippen LogP contribution in [-0.2, 0) is 4.79 Å². The molecule has 1 atom stereocenters. The first-order valence-corrected chi connectivity index (χ1v) is 4.05. The van der Waals surface area contributed by atoms with E-state index in [4.69, 9.17) is 0 Å². The van der Waals surface area contributed by atoms with Gasteiger partial charge in [0.2, 0.25) is 0 Å². The molecule has 0 aromatic heterocycles. The fourth-order valence-corrected chi connectivity index (χ4v) is 1.18. The Balaban J connectivity index is 3.48. The monoisotopic (exact) mass is 141 g/mol. The van der Waals surface area contributed by atoms with E-state index >= 15 is 0 Å². The maximum Gasteiger partial charge on any atom is 0.198 e. The molecule has 10 heavy (non-hydrogen) atoms. The summed E-state index contributed by atoms with van der Waals surface area (Å²) in [5.74, 6) is 1.27. The Morgan fingerprint density at radius 2 is 2.00 bits per heavy atom. The van der Waals surface area contributed by atoms with Crippen molar-refractivity contribution < 1.29 is 4.79 Å². The average Bonchev–Trinajstić information content (AvgIpc) is 1.86. The Morgan fingerprint density at radius 3 is 2.30 bits per heavy atom.